The molecule has 0 aromatic rings. The smallest absolute Gasteiger partial charge is 0.375 e. The molecule has 0 bridgehead atoms. The molecule has 1 aliphatic rings. The van der Waals surface area contributed by atoms with E-state index in [0.29, 0.717) is 0 Å². The van der Waals surface area contributed by atoms with Gasteiger partial charge in [-0.05, 0) is 0 Å². The van der Waals surface area contributed by atoms with E-state index in [0.717, 1.165) is 0 Å². The fraction of sp³-hybridized carbons (Fsp3) is 1.00. The number of rotatable bonds is 12. The van der Waals surface area contributed by atoms with E-state index in [4.69, 9.17) is 44.3 Å². The second kappa shape index (κ2) is 9.26. The van der Waals surface area contributed by atoms with Gasteiger partial charge in [-0.25, -0.2) is 0 Å². The molecule has 12 nitrogen and oxygen atoms in total. The van der Waals surface area contributed by atoms with Crippen molar-refractivity contribution in [1.82, 2.24) is 7.79 Å². The van der Waals surface area contributed by atoms with Gasteiger partial charge in [0.25, 0.3) is 0 Å². The van der Waals surface area contributed by atoms with E-state index in [1.165, 1.54) is 71.1 Å². The Balaban J connectivity index is 3.76. The van der Waals surface area contributed by atoms with Gasteiger partial charge in [0.05, 0.1) is 0 Å². The lowest BCUT2D eigenvalue weighted by molar-refractivity contribution is -0.0188. The molecule has 156 valence electrons. The second-order valence-electron chi connectivity index (χ2n) is 4.86. The molecule has 0 aliphatic carbocycles. The molecule has 0 radical (unpaired) electrons. The van der Waals surface area contributed by atoms with E-state index in [-0.39, 0.29) is 0 Å². The summed E-state index contributed by atoms with van der Waals surface area (Å²) in [5.74, 6) is 0. The predicted octanol–water partition coefficient (Wildman–Crippen LogP) is -1.19. The Kier molecular flexibility index (Phi) is 8.70. The maximum Gasteiger partial charge on any atom is 0.594 e. The van der Waals surface area contributed by atoms with Crippen LogP contribution in [0.4, 0.5) is 0 Å². The number of hydrogen-bond acceptors (Lipinski definition) is 12. The van der Waals surface area contributed by atoms with Gasteiger partial charge >= 0.3 is 35.7 Å². The molecule has 0 N–H and O–H groups in total. The zero-order valence-corrected chi connectivity index (χ0v) is 21.0. The average Bonchev–Trinajstić information content (AvgIpc) is 2.70. The zero-order chi connectivity index (χ0) is 20.2. The third kappa shape index (κ3) is 3.03. The van der Waals surface area contributed by atoms with Crippen molar-refractivity contribution in [3.05, 3.63) is 0 Å². The summed E-state index contributed by atoms with van der Waals surface area (Å²) in [7, 11) is 0.961. The molecule has 0 aromatic carbocycles. The van der Waals surface area contributed by atoms with E-state index in [9.17, 15) is 0 Å². The Hall–Kier alpha value is 0.388. The molecular formula is C10H30N2O10Si4. The van der Waals surface area contributed by atoms with Gasteiger partial charge < -0.3 is 44.3 Å². The molecule has 1 rings (SSSR count). The van der Waals surface area contributed by atoms with Crippen LogP contribution in [0.5, 0.6) is 0 Å². The Morgan fingerprint density at radius 2 is 0.615 bits per heavy atom. The monoisotopic (exact) mass is 450 g/mol. The first-order valence-corrected chi connectivity index (χ1v) is 14.2. The molecule has 1 fully saturated rings. The van der Waals surface area contributed by atoms with E-state index in [1.807, 2.05) is 0 Å². The summed E-state index contributed by atoms with van der Waals surface area (Å²) in [6, 6.07) is 0. The molecule has 0 unspecified atom stereocenters. The summed E-state index contributed by atoms with van der Waals surface area (Å²) in [6.45, 7) is 0. The van der Waals surface area contributed by atoms with Gasteiger partial charge in [-0.3, -0.25) is 0 Å². The standard InChI is InChI=1S/C10H30N2O10Si4/c1-13-23(14-2)11(25(17-5,18-6)19-7)24(15-3,16-4)12(23)26(20-8,21-9)22-10/h1-10H3. The largest absolute Gasteiger partial charge is 0.594 e. The van der Waals surface area contributed by atoms with Gasteiger partial charge in [-0.15, -0.1) is 0 Å². The molecular weight excluding hydrogens is 420 g/mol. The van der Waals surface area contributed by atoms with Gasteiger partial charge in [-0.1, -0.05) is 0 Å². The highest BCUT2D eigenvalue weighted by Gasteiger charge is 2.93. The van der Waals surface area contributed by atoms with Crippen LogP contribution >= 0.6 is 0 Å². The first-order valence-electron chi connectivity index (χ1n) is 7.47. The van der Waals surface area contributed by atoms with Crippen LogP contribution in [0.15, 0.2) is 0 Å². The molecule has 26 heavy (non-hydrogen) atoms. The first kappa shape index (κ1) is 24.4. The maximum atomic E-state index is 5.86. The van der Waals surface area contributed by atoms with Crippen LogP contribution in [-0.4, -0.2) is 115 Å². The maximum absolute atomic E-state index is 5.86. The zero-order valence-electron chi connectivity index (χ0n) is 17.0. The molecule has 1 aliphatic heterocycles. The van der Waals surface area contributed by atoms with E-state index in [1.54, 1.807) is 7.79 Å². The topological polar surface area (TPSA) is 98.8 Å². The summed E-state index contributed by atoms with van der Waals surface area (Å²) in [5.41, 5.74) is 0. The van der Waals surface area contributed by atoms with Gasteiger partial charge in [-0.2, -0.15) is 7.79 Å². The normalized spacial score (nSPS) is 21.0. The average molecular weight is 451 g/mol. The van der Waals surface area contributed by atoms with Crippen LogP contribution in [0.2, 0.25) is 0 Å². The Morgan fingerprint density at radius 3 is 0.731 bits per heavy atom. The third-order valence-corrected chi connectivity index (χ3v) is 22.9. The van der Waals surface area contributed by atoms with Crippen molar-refractivity contribution in [2.45, 2.75) is 0 Å². The minimum Gasteiger partial charge on any atom is -0.375 e. The third-order valence-electron chi connectivity index (χ3n) is 4.29. The summed E-state index contributed by atoms with van der Waals surface area (Å²) in [5, 5.41) is 0. The first-order chi connectivity index (χ1) is 12.3. The second-order valence-corrected chi connectivity index (χ2v) is 18.6. The van der Waals surface area contributed by atoms with E-state index < -0.39 is 35.7 Å². The lowest BCUT2D eigenvalue weighted by Crippen LogP contribution is -3.05. The van der Waals surface area contributed by atoms with Crippen molar-refractivity contribution in [3.8, 4) is 0 Å². The van der Waals surface area contributed by atoms with Crippen molar-refractivity contribution in [3.63, 3.8) is 0 Å². The molecule has 16 heteroatoms. The highest BCUT2D eigenvalue weighted by atomic mass is 28.6. The quantitative estimate of drug-likeness (QED) is 0.334. The highest BCUT2D eigenvalue weighted by molar-refractivity contribution is 7.10. The van der Waals surface area contributed by atoms with Gasteiger partial charge in [0, 0.05) is 71.1 Å². The summed E-state index contributed by atoms with van der Waals surface area (Å²) in [4.78, 5) is 0. The van der Waals surface area contributed by atoms with Crippen LogP contribution < -0.4 is 0 Å². The van der Waals surface area contributed by atoms with Crippen molar-refractivity contribution in [2.75, 3.05) is 71.1 Å². The summed E-state index contributed by atoms with van der Waals surface area (Å²) in [6.07, 6.45) is 0. The predicted molar refractivity (Wildman–Crippen MR) is 96.8 cm³/mol. The van der Waals surface area contributed by atoms with E-state index >= 15 is 0 Å². The molecule has 1 heterocycles. The Bertz CT molecular complexity index is 379. The minimum atomic E-state index is -3.48. The van der Waals surface area contributed by atoms with Crippen LogP contribution in [0.25, 0.3) is 0 Å². The molecule has 0 saturated carbocycles. The van der Waals surface area contributed by atoms with Crippen LogP contribution in [0, 0.1) is 0 Å². The fourth-order valence-electron chi connectivity index (χ4n) is 3.15. The lowest BCUT2D eigenvalue weighted by Gasteiger charge is -2.65. The highest BCUT2D eigenvalue weighted by Crippen LogP contribution is 2.47. The molecule has 0 spiro atoms. The van der Waals surface area contributed by atoms with Crippen molar-refractivity contribution in [1.29, 1.82) is 0 Å². The van der Waals surface area contributed by atoms with Crippen molar-refractivity contribution >= 4 is 35.7 Å². The van der Waals surface area contributed by atoms with E-state index in [2.05, 4.69) is 0 Å². The molecule has 0 aromatic heterocycles. The molecule has 1 saturated heterocycles. The Morgan fingerprint density at radius 1 is 0.423 bits per heavy atom. The van der Waals surface area contributed by atoms with Gasteiger partial charge in [0.2, 0.25) is 0 Å². The van der Waals surface area contributed by atoms with Crippen LogP contribution in [-0.2, 0) is 44.3 Å². The fourth-order valence-corrected chi connectivity index (χ4v) is 27.0. The van der Waals surface area contributed by atoms with Gasteiger partial charge in [0.15, 0.2) is 0 Å². The summed E-state index contributed by atoms with van der Waals surface area (Å²) >= 11 is 0. The number of nitrogens with zero attached hydrogens (tertiary/aromatic N) is 2. The SMILES string of the molecule is CO[Si](OC)(OC)N1[Si](OC)(OC)N([Si](OC)(OC)OC)[Si]1(OC)OC. The van der Waals surface area contributed by atoms with Gasteiger partial charge in [0.1, 0.15) is 0 Å². The van der Waals surface area contributed by atoms with Crippen molar-refractivity contribution in [2.24, 2.45) is 0 Å². The van der Waals surface area contributed by atoms with Crippen molar-refractivity contribution < 1.29 is 44.3 Å². The minimum absolute atomic E-state index is 1.48. The lowest BCUT2D eigenvalue weighted by atomic mass is 11.8. The summed E-state index contributed by atoms with van der Waals surface area (Å²) < 4.78 is 60.8. The van der Waals surface area contributed by atoms with Crippen LogP contribution in [0.1, 0.15) is 0 Å². The molecule has 0 atom stereocenters. The Labute approximate surface area is 159 Å². The number of hydrogen-bond donors (Lipinski definition) is 0. The van der Waals surface area contributed by atoms with Crippen LogP contribution in [0.3, 0.4) is 0 Å². The molecule has 0 amide bonds.